The smallest absolute Gasteiger partial charge is 0.133 e. The lowest BCUT2D eigenvalue weighted by atomic mass is 9.72. The first-order valence-corrected chi connectivity index (χ1v) is 9.25. The van der Waals surface area contributed by atoms with Crippen molar-refractivity contribution in [2.75, 3.05) is 11.4 Å². The summed E-state index contributed by atoms with van der Waals surface area (Å²) in [7, 11) is 0. The van der Waals surface area contributed by atoms with E-state index in [1.807, 2.05) is 18.2 Å². The highest BCUT2D eigenvalue weighted by Gasteiger charge is 2.51. The van der Waals surface area contributed by atoms with Gasteiger partial charge >= 0.3 is 0 Å². The predicted octanol–water partition coefficient (Wildman–Crippen LogP) is 4.28. The van der Waals surface area contributed by atoms with Crippen molar-refractivity contribution in [1.29, 1.82) is 5.26 Å². The molecule has 0 N–H and O–H groups in total. The molecular formula is C20H17N3S. The molecule has 0 amide bonds. The van der Waals surface area contributed by atoms with Crippen molar-refractivity contribution in [2.45, 2.75) is 30.7 Å². The SMILES string of the molecule is N#CC1(c2nc3ccccc3s2)Cc2ccccc2N2CCCC21. The molecule has 2 unspecified atom stereocenters. The van der Waals surface area contributed by atoms with Crippen molar-refractivity contribution in [3.63, 3.8) is 0 Å². The minimum atomic E-state index is -0.533. The number of hydrogen-bond acceptors (Lipinski definition) is 4. The average Bonchev–Trinajstić information content (AvgIpc) is 3.28. The number of fused-ring (bicyclic) bond motifs is 4. The van der Waals surface area contributed by atoms with Crippen molar-refractivity contribution in [3.8, 4) is 6.07 Å². The number of nitrogens with zero attached hydrogens (tertiary/aromatic N) is 3. The molecule has 0 saturated carbocycles. The van der Waals surface area contributed by atoms with Gasteiger partial charge in [-0.25, -0.2) is 4.98 Å². The summed E-state index contributed by atoms with van der Waals surface area (Å²) < 4.78 is 1.17. The minimum absolute atomic E-state index is 0.234. The van der Waals surface area contributed by atoms with Gasteiger partial charge in [-0.1, -0.05) is 30.3 Å². The van der Waals surface area contributed by atoms with Gasteiger partial charge in [0.1, 0.15) is 10.4 Å². The summed E-state index contributed by atoms with van der Waals surface area (Å²) >= 11 is 1.69. The Labute approximate surface area is 145 Å². The maximum absolute atomic E-state index is 10.3. The summed E-state index contributed by atoms with van der Waals surface area (Å²) in [6.07, 6.45) is 2.98. The first-order chi connectivity index (χ1) is 11.8. The van der Waals surface area contributed by atoms with E-state index in [-0.39, 0.29) is 6.04 Å². The zero-order valence-corrected chi connectivity index (χ0v) is 14.1. The molecule has 2 aromatic carbocycles. The molecule has 3 heterocycles. The van der Waals surface area contributed by atoms with Crippen molar-refractivity contribution < 1.29 is 0 Å². The molecule has 5 rings (SSSR count). The molecule has 3 nitrogen and oxygen atoms in total. The zero-order chi connectivity index (χ0) is 16.1. The van der Waals surface area contributed by atoms with Crippen LogP contribution in [0.25, 0.3) is 10.2 Å². The largest absolute Gasteiger partial charge is 0.366 e. The second-order valence-electron chi connectivity index (χ2n) is 6.73. The third-order valence-electron chi connectivity index (χ3n) is 5.47. The summed E-state index contributed by atoms with van der Waals surface area (Å²) in [5.74, 6) is 0. The van der Waals surface area contributed by atoms with Gasteiger partial charge in [0.05, 0.1) is 22.3 Å². The Kier molecular flexibility index (Phi) is 2.95. The van der Waals surface area contributed by atoms with E-state index in [1.54, 1.807) is 11.3 Å². The van der Waals surface area contributed by atoms with Crippen molar-refractivity contribution >= 4 is 27.2 Å². The van der Waals surface area contributed by atoms with Crippen molar-refractivity contribution in [3.05, 3.63) is 59.1 Å². The topological polar surface area (TPSA) is 39.9 Å². The Morgan fingerprint density at radius 3 is 2.88 bits per heavy atom. The maximum Gasteiger partial charge on any atom is 0.133 e. The molecule has 1 aromatic heterocycles. The van der Waals surface area contributed by atoms with Gasteiger partial charge in [-0.15, -0.1) is 11.3 Å². The number of aromatic nitrogens is 1. The first-order valence-electron chi connectivity index (χ1n) is 8.44. The molecule has 2 aliphatic heterocycles. The number of nitriles is 1. The third-order valence-corrected chi connectivity index (χ3v) is 6.68. The van der Waals surface area contributed by atoms with Gasteiger partial charge in [0.15, 0.2) is 0 Å². The molecule has 118 valence electrons. The highest BCUT2D eigenvalue weighted by molar-refractivity contribution is 7.18. The molecule has 2 aliphatic rings. The van der Waals surface area contributed by atoms with E-state index in [0.717, 1.165) is 36.3 Å². The van der Waals surface area contributed by atoms with Crippen molar-refractivity contribution in [2.24, 2.45) is 0 Å². The van der Waals surface area contributed by atoms with E-state index < -0.39 is 5.41 Å². The highest BCUT2D eigenvalue weighted by atomic mass is 32.1. The molecule has 0 bridgehead atoms. The van der Waals surface area contributed by atoms with E-state index in [4.69, 9.17) is 4.98 Å². The van der Waals surface area contributed by atoms with Crippen LogP contribution in [0.4, 0.5) is 5.69 Å². The Balaban J connectivity index is 1.73. The second-order valence-corrected chi connectivity index (χ2v) is 7.76. The molecule has 24 heavy (non-hydrogen) atoms. The molecule has 1 fully saturated rings. The van der Waals surface area contributed by atoms with Crippen LogP contribution in [0.15, 0.2) is 48.5 Å². The van der Waals surface area contributed by atoms with Gasteiger partial charge in [-0.2, -0.15) is 5.26 Å². The monoisotopic (exact) mass is 331 g/mol. The minimum Gasteiger partial charge on any atom is -0.366 e. The summed E-state index contributed by atoms with van der Waals surface area (Å²) in [5.41, 5.74) is 3.06. The number of hydrogen-bond donors (Lipinski definition) is 0. The number of para-hydroxylation sites is 2. The standard InChI is InChI=1S/C20H17N3S/c21-13-20(19-22-15-7-2-4-9-17(15)24-19)12-14-6-1-3-8-16(14)23-11-5-10-18(20)23/h1-4,6-9,18H,5,10-12H2. The lowest BCUT2D eigenvalue weighted by Crippen LogP contribution is -2.51. The number of thiazole rings is 1. The van der Waals surface area contributed by atoms with Crippen LogP contribution in [0.2, 0.25) is 0 Å². The molecule has 4 heteroatoms. The summed E-state index contributed by atoms with van der Waals surface area (Å²) in [4.78, 5) is 7.33. The predicted molar refractivity (Wildman–Crippen MR) is 97.4 cm³/mol. The van der Waals surface area contributed by atoms with E-state index in [2.05, 4.69) is 41.3 Å². The Bertz CT molecular complexity index is 937. The van der Waals surface area contributed by atoms with E-state index in [9.17, 15) is 5.26 Å². The van der Waals surface area contributed by atoms with Crippen LogP contribution in [0.1, 0.15) is 23.4 Å². The fourth-order valence-electron chi connectivity index (χ4n) is 4.37. The van der Waals surface area contributed by atoms with Crippen LogP contribution in [0.3, 0.4) is 0 Å². The van der Waals surface area contributed by atoms with Gasteiger partial charge in [-0.3, -0.25) is 0 Å². The van der Waals surface area contributed by atoms with Crippen LogP contribution in [0.5, 0.6) is 0 Å². The first kappa shape index (κ1) is 14.0. The summed E-state index contributed by atoms with van der Waals surface area (Å²) in [6.45, 7) is 1.04. The molecule has 0 aliphatic carbocycles. The van der Waals surface area contributed by atoms with Crippen LogP contribution in [0, 0.1) is 11.3 Å². The van der Waals surface area contributed by atoms with E-state index in [1.165, 1.54) is 16.0 Å². The summed E-state index contributed by atoms with van der Waals surface area (Å²) in [5, 5.41) is 11.3. The lowest BCUT2D eigenvalue weighted by molar-refractivity contribution is 0.409. The van der Waals surface area contributed by atoms with Gasteiger partial charge in [0.2, 0.25) is 0 Å². The molecule has 0 spiro atoms. The Morgan fingerprint density at radius 1 is 1.17 bits per heavy atom. The molecule has 2 atom stereocenters. The molecule has 3 aromatic rings. The van der Waals surface area contributed by atoms with Crippen molar-refractivity contribution in [1.82, 2.24) is 4.98 Å². The van der Waals surface area contributed by atoms with Gasteiger partial charge in [0, 0.05) is 18.7 Å². The molecule has 1 saturated heterocycles. The molecular weight excluding hydrogens is 314 g/mol. The van der Waals surface area contributed by atoms with Gasteiger partial charge in [0.25, 0.3) is 0 Å². The fraction of sp³-hybridized carbons (Fsp3) is 0.300. The van der Waals surface area contributed by atoms with Gasteiger partial charge < -0.3 is 4.90 Å². The molecule has 0 radical (unpaired) electrons. The number of benzene rings is 2. The lowest BCUT2D eigenvalue weighted by Gasteiger charge is -2.43. The summed E-state index contributed by atoms with van der Waals surface area (Å²) in [6, 6.07) is 19.7. The zero-order valence-electron chi connectivity index (χ0n) is 13.3. The number of rotatable bonds is 1. The average molecular weight is 331 g/mol. The Morgan fingerprint density at radius 2 is 2.00 bits per heavy atom. The van der Waals surface area contributed by atoms with Crippen LogP contribution < -0.4 is 4.90 Å². The van der Waals surface area contributed by atoms with E-state index >= 15 is 0 Å². The Hall–Kier alpha value is -2.38. The quantitative estimate of drug-likeness (QED) is 0.668. The van der Waals surface area contributed by atoms with E-state index in [0.29, 0.717) is 0 Å². The van der Waals surface area contributed by atoms with Gasteiger partial charge in [-0.05, 0) is 36.6 Å². The fourth-order valence-corrected chi connectivity index (χ4v) is 5.52. The third kappa shape index (κ3) is 1.79. The maximum atomic E-state index is 10.3. The van der Waals surface area contributed by atoms with Crippen LogP contribution in [-0.4, -0.2) is 17.6 Å². The normalized spacial score (nSPS) is 25.3. The van der Waals surface area contributed by atoms with Crippen LogP contribution >= 0.6 is 11.3 Å². The van der Waals surface area contributed by atoms with Crippen LogP contribution in [-0.2, 0) is 11.8 Å². The number of anilines is 1. The highest BCUT2D eigenvalue weighted by Crippen LogP contribution is 2.48. The second kappa shape index (κ2) is 5.06.